The molecule has 0 radical (unpaired) electrons. The van der Waals surface area contributed by atoms with Crippen molar-refractivity contribution in [1.82, 2.24) is 10.6 Å². The van der Waals surface area contributed by atoms with Gasteiger partial charge in [0, 0.05) is 0 Å². The van der Waals surface area contributed by atoms with E-state index in [4.69, 9.17) is 5.11 Å². The first-order valence-corrected chi connectivity index (χ1v) is 5.65. The van der Waals surface area contributed by atoms with Crippen molar-refractivity contribution in [2.45, 2.75) is 43.6 Å². The van der Waals surface area contributed by atoms with E-state index in [-0.39, 0.29) is 12.8 Å². The van der Waals surface area contributed by atoms with Crippen molar-refractivity contribution in [1.29, 1.82) is 0 Å². The molecule has 0 aromatic carbocycles. The SMILES string of the molecule is O=C(NCC(F)(F)C(F)F)NC1(C(=O)O)CCCC1. The van der Waals surface area contributed by atoms with Gasteiger partial charge in [0.05, 0.1) is 6.54 Å². The number of hydrogen-bond acceptors (Lipinski definition) is 2. The van der Waals surface area contributed by atoms with Crippen LogP contribution in [0, 0.1) is 0 Å². The Kier molecular flexibility index (Phi) is 4.59. The monoisotopic (exact) mass is 286 g/mol. The first kappa shape index (κ1) is 15.5. The van der Waals surface area contributed by atoms with Crippen LogP contribution < -0.4 is 10.6 Å². The highest BCUT2D eigenvalue weighted by Crippen LogP contribution is 2.29. The Labute approximate surface area is 106 Å². The van der Waals surface area contributed by atoms with Crippen LogP contribution in [0.1, 0.15) is 25.7 Å². The van der Waals surface area contributed by atoms with E-state index in [2.05, 4.69) is 5.32 Å². The van der Waals surface area contributed by atoms with Crippen LogP contribution in [-0.2, 0) is 4.79 Å². The molecule has 9 heteroatoms. The number of amides is 2. The van der Waals surface area contributed by atoms with Crippen LogP contribution >= 0.6 is 0 Å². The number of halogens is 4. The Balaban J connectivity index is 2.53. The summed E-state index contributed by atoms with van der Waals surface area (Å²) >= 11 is 0. The van der Waals surface area contributed by atoms with Crippen LogP contribution in [0.5, 0.6) is 0 Å². The van der Waals surface area contributed by atoms with Gasteiger partial charge in [-0.2, -0.15) is 8.78 Å². The van der Waals surface area contributed by atoms with Gasteiger partial charge in [-0.05, 0) is 12.8 Å². The molecule has 0 spiro atoms. The van der Waals surface area contributed by atoms with Gasteiger partial charge in [0.1, 0.15) is 5.54 Å². The van der Waals surface area contributed by atoms with Gasteiger partial charge in [0.2, 0.25) is 0 Å². The van der Waals surface area contributed by atoms with Crippen molar-refractivity contribution in [3.63, 3.8) is 0 Å². The molecular weight excluding hydrogens is 272 g/mol. The molecule has 0 bridgehead atoms. The quantitative estimate of drug-likeness (QED) is 0.671. The summed E-state index contributed by atoms with van der Waals surface area (Å²) in [6.45, 7) is -1.55. The predicted octanol–water partition coefficient (Wildman–Crippen LogP) is 1.58. The first-order valence-electron chi connectivity index (χ1n) is 5.65. The summed E-state index contributed by atoms with van der Waals surface area (Å²) in [7, 11) is 0. The second kappa shape index (κ2) is 5.62. The molecule has 3 N–H and O–H groups in total. The molecule has 0 aromatic heterocycles. The van der Waals surface area contributed by atoms with Crippen molar-refractivity contribution in [2.75, 3.05) is 6.54 Å². The van der Waals surface area contributed by atoms with Crippen molar-refractivity contribution < 1.29 is 32.3 Å². The summed E-state index contributed by atoms with van der Waals surface area (Å²) in [4.78, 5) is 22.4. The van der Waals surface area contributed by atoms with Crippen molar-refractivity contribution in [3.05, 3.63) is 0 Å². The second-order valence-electron chi connectivity index (χ2n) is 4.46. The van der Waals surface area contributed by atoms with Crippen LogP contribution in [0.3, 0.4) is 0 Å². The maximum atomic E-state index is 12.6. The van der Waals surface area contributed by atoms with Crippen molar-refractivity contribution in [2.24, 2.45) is 0 Å². The third-order valence-corrected chi connectivity index (χ3v) is 3.02. The Hall–Kier alpha value is -1.54. The number of hydrogen-bond donors (Lipinski definition) is 3. The summed E-state index contributed by atoms with van der Waals surface area (Å²) in [5, 5.41) is 12.7. The maximum Gasteiger partial charge on any atom is 0.329 e. The molecule has 19 heavy (non-hydrogen) atoms. The van der Waals surface area contributed by atoms with Gasteiger partial charge in [-0.25, -0.2) is 18.4 Å². The van der Waals surface area contributed by atoms with E-state index in [9.17, 15) is 27.2 Å². The zero-order chi connectivity index (χ0) is 14.7. The standard InChI is InChI=1S/C10H14F4N2O3/c11-6(12)10(13,14)5-15-8(19)16-9(7(17)18)3-1-2-4-9/h6H,1-5H2,(H,17,18)(H2,15,16,19). The number of nitrogens with one attached hydrogen (secondary N) is 2. The molecule has 0 heterocycles. The fraction of sp³-hybridized carbons (Fsp3) is 0.800. The lowest BCUT2D eigenvalue weighted by molar-refractivity contribution is -0.144. The van der Waals surface area contributed by atoms with E-state index in [1.165, 1.54) is 0 Å². The smallest absolute Gasteiger partial charge is 0.329 e. The minimum atomic E-state index is -4.34. The van der Waals surface area contributed by atoms with Crippen LogP contribution in [-0.4, -0.2) is 41.5 Å². The molecule has 110 valence electrons. The second-order valence-corrected chi connectivity index (χ2v) is 4.46. The van der Waals surface area contributed by atoms with E-state index < -0.39 is 36.4 Å². The normalized spacial score (nSPS) is 18.4. The van der Waals surface area contributed by atoms with Gasteiger partial charge >= 0.3 is 24.3 Å². The number of rotatable bonds is 5. The number of aliphatic carboxylic acids is 1. The Morgan fingerprint density at radius 2 is 1.79 bits per heavy atom. The molecule has 1 aliphatic carbocycles. The summed E-state index contributed by atoms with van der Waals surface area (Å²) in [6, 6.07) is -1.19. The lowest BCUT2D eigenvalue weighted by Crippen LogP contribution is -2.57. The van der Waals surface area contributed by atoms with E-state index in [1.807, 2.05) is 0 Å². The molecule has 0 unspecified atom stereocenters. The third kappa shape index (κ3) is 3.71. The van der Waals surface area contributed by atoms with Gasteiger partial charge < -0.3 is 15.7 Å². The average molecular weight is 286 g/mol. The summed E-state index contributed by atoms with van der Waals surface area (Å²) in [6.07, 6.45) is -2.37. The van der Waals surface area contributed by atoms with Gasteiger partial charge in [-0.3, -0.25) is 0 Å². The fourth-order valence-corrected chi connectivity index (χ4v) is 1.91. The van der Waals surface area contributed by atoms with Crippen LogP contribution in [0.25, 0.3) is 0 Å². The number of carbonyl (C=O) groups is 2. The molecule has 5 nitrogen and oxygen atoms in total. The molecule has 1 rings (SSSR count). The van der Waals surface area contributed by atoms with Gasteiger partial charge in [0.15, 0.2) is 0 Å². The lowest BCUT2D eigenvalue weighted by Gasteiger charge is -2.26. The molecule has 1 saturated carbocycles. The summed E-state index contributed by atoms with van der Waals surface area (Å²) < 4.78 is 48.8. The number of urea groups is 1. The molecule has 2 amide bonds. The van der Waals surface area contributed by atoms with Gasteiger partial charge in [-0.1, -0.05) is 12.8 Å². The molecule has 1 fully saturated rings. The Bertz CT molecular complexity index is 357. The van der Waals surface area contributed by atoms with Crippen molar-refractivity contribution in [3.8, 4) is 0 Å². The number of carboxylic acid groups (broad SMARTS) is 1. The third-order valence-electron chi connectivity index (χ3n) is 3.02. The highest BCUT2D eigenvalue weighted by atomic mass is 19.3. The van der Waals surface area contributed by atoms with Crippen LogP contribution in [0.2, 0.25) is 0 Å². The number of carbonyl (C=O) groups excluding carboxylic acids is 1. The maximum absolute atomic E-state index is 12.6. The zero-order valence-corrected chi connectivity index (χ0v) is 9.89. The van der Waals surface area contributed by atoms with Gasteiger partial charge in [0.25, 0.3) is 0 Å². The summed E-state index contributed by atoms with van der Waals surface area (Å²) in [5.41, 5.74) is -1.50. The Morgan fingerprint density at radius 3 is 2.21 bits per heavy atom. The largest absolute Gasteiger partial charge is 0.480 e. The fourth-order valence-electron chi connectivity index (χ4n) is 1.91. The van der Waals surface area contributed by atoms with E-state index >= 15 is 0 Å². The first-order chi connectivity index (χ1) is 8.69. The number of alkyl halides is 4. The average Bonchev–Trinajstić information content (AvgIpc) is 2.76. The van der Waals surface area contributed by atoms with Crippen LogP contribution in [0.4, 0.5) is 22.4 Å². The summed E-state index contributed by atoms with van der Waals surface area (Å²) in [5.74, 6) is -5.61. The highest BCUT2D eigenvalue weighted by molar-refractivity contribution is 5.86. The minimum absolute atomic E-state index is 0.182. The minimum Gasteiger partial charge on any atom is -0.480 e. The molecular formula is C10H14F4N2O3. The Morgan fingerprint density at radius 1 is 1.26 bits per heavy atom. The molecule has 0 atom stereocenters. The molecule has 0 saturated heterocycles. The topological polar surface area (TPSA) is 78.4 Å². The lowest BCUT2D eigenvalue weighted by atomic mass is 9.98. The van der Waals surface area contributed by atoms with Crippen molar-refractivity contribution >= 4 is 12.0 Å². The molecule has 0 aliphatic heterocycles. The molecule has 0 aromatic rings. The van der Waals surface area contributed by atoms with Gasteiger partial charge in [-0.15, -0.1) is 0 Å². The zero-order valence-electron chi connectivity index (χ0n) is 9.89. The van der Waals surface area contributed by atoms with Crippen LogP contribution in [0.15, 0.2) is 0 Å². The predicted molar refractivity (Wildman–Crippen MR) is 56.3 cm³/mol. The van der Waals surface area contributed by atoms with E-state index in [1.54, 1.807) is 5.32 Å². The highest BCUT2D eigenvalue weighted by Gasteiger charge is 2.44. The molecule has 1 aliphatic rings. The van der Waals surface area contributed by atoms with E-state index in [0.717, 1.165) is 0 Å². The van der Waals surface area contributed by atoms with E-state index in [0.29, 0.717) is 12.8 Å². The number of carboxylic acids is 1.